The van der Waals surface area contributed by atoms with Gasteiger partial charge in [0.05, 0.1) is 11.0 Å². The van der Waals surface area contributed by atoms with Crippen LogP contribution >= 0.6 is 22.6 Å². The maximum atomic E-state index is 12.1. The largest absolute Gasteiger partial charge is 1.00 e. The molecule has 0 aliphatic carbocycles. The van der Waals surface area contributed by atoms with Gasteiger partial charge in [0.2, 0.25) is 11.2 Å². The number of carbonyl (C=O) groups is 4. The molecule has 2 fully saturated rings. The smallest absolute Gasteiger partial charge is 0.369 e. The van der Waals surface area contributed by atoms with Crippen molar-refractivity contribution in [2.24, 2.45) is 11.5 Å². The number of rotatable bonds is 1. The summed E-state index contributed by atoms with van der Waals surface area (Å²) in [7, 11) is -0.360. The van der Waals surface area contributed by atoms with Crippen molar-refractivity contribution < 1.29 is 93.7 Å². The predicted octanol–water partition coefficient (Wildman–Crippen LogP) is 1.46. The second kappa shape index (κ2) is 21.8. The summed E-state index contributed by atoms with van der Waals surface area (Å²) in [6.45, 7) is 1.02. The van der Waals surface area contributed by atoms with Gasteiger partial charge in [-0.15, -0.1) is 5.92 Å². The molecule has 0 unspecified atom stereocenters. The van der Waals surface area contributed by atoms with E-state index in [0.717, 1.165) is 31.1 Å². The van der Waals surface area contributed by atoms with Crippen LogP contribution in [0.5, 0.6) is 0 Å². The number of amides is 4. The van der Waals surface area contributed by atoms with Crippen LogP contribution in [0, 0.1) is 33.4 Å². The predicted molar refractivity (Wildman–Crippen MR) is 230 cm³/mol. The van der Waals surface area contributed by atoms with Gasteiger partial charge >= 0.3 is 71.0 Å². The number of nitrogens with two attached hydrogens (primary N) is 2. The molecule has 4 aromatic carbocycles. The van der Waals surface area contributed by atoms with E-state index < -0.39 is 30.8 Å². The molecule has 2 aromatic heterocycles. The maximum Gasteiger partial charge on any atom is 1.00 e. The Bertz CT molecular complexity index is 2740. The first-order chi connectivity index (χ1) is 28.9. The minimum absolute atomic E-state index is 0. The van der Waals surface area contributed by atoms with E-state index in [0.29, 0.717) is 36.3 Å². The number of likely N-dealkylation sites (N-methyl/N-ethyl adjacent to an activating group) is 2. The van der Waals surface area contributed by atoms with Gasteiger partial charge < -0.3 is 31.5 Å². The van der Waals surface area contributed by atoms with Crippen LogP contribution in [-0.2, 0) is 9.59 Å². The van der Waals surface area contributed by atoms with Gasteiger partial charge in [0.15, 0.2) is 0 Å². The number of para-hydroxylation sites is 2. The Kier molecular flexibility index (Phi) is 17.5. The zero-order chi connectivity index (χ0) is 44.5. The SMILES string of the molecule is CN1CC[C@@](O)(C#Cc2c[c-]ccc2)C1=O.CN1CC[C@@](O)(C#Cc2cccc(-c3nn(C(N)=O)c4ccccc34)c2)C1=O.FB(F)F.NC(=O)n1nc(I)c2ccccc21.[K+]. The van der Waals surface area contributed by atoms with E-state index in [1.165, 1.54) is 19.2 Å². The van der Waals surface area contributed by atoms with Crippen LogP contribution in [0.25, 0.3) is 33.1 Å². The summed E-state index contributed by atoms with van der Waals surface area (Å²) in [5, 5.41) is 30.6. The molecule has 14 nitrogen and oxygen atoms in total. The van der Waals surface area contributed by atoms with Gasteiger partial charge in [0.25, 0.3) is 11.8 Å². The van der Waals surface area contributed by atoms with Gasteiger partial charge in [0, 0.05) is 61.9 Å². The van der Waals surface area contributed by atoms with E-state index in [1.807, 2.05) is 66.7 Å². The standard InChI is InChI=1S/C21H18N4O3.C13H12NO2.C8H6IN3O.BF3.K/c1-24-12-11-21(28,19(24)26)10-9-14-5-4-6-15(13-14)18-16-7-2-3-8-17(16)25(23-18)20(22)27;1-14-10-9-13(16,12(14)15)8-7-11-5-3-2-4-6-11;9-7-5-3-1-2-4-6(5)12(11-7)8(10)13;2-1(3)4;/h2-8,13,28H,11-12H2,1H3,(H2,22,27);2-3,5-6,16H,9-10H2,1H3;1-4H,(H2,10,13);;/q;-1;;;+1/t21-;13-;;;/m00.../s1. The summed E-state index contributed by atoms with van der Waals surface area (Å²) >= 11 is 2.07. The molecule has 8 rings (SSSR count). The average molecular weight is 983 g/mol. The summed E-state index contributed by atoms with van der Waals surface area (Å²) in [5.41, 5.74) is 11.5. The molecule has 6 N–H and O–H groups in total. The molecule has 0 spiro atoms. The number of benzene rings is 4. The van der Waals surface area contributed by atoms with Gasteiger partial charge in [-0.2, -0.15) is 49.9 Å². The second-order valence-corrected chi connectivity index (χ2v) is 14.5. The van der Waals surface area contributed by atoms with E-state index in [2.05, 4.69) is 62.5 Å². The molecule has 2 saturated heterocycles. The summed E-state index contributed by atoms with van der Waals surface area (Å²) in [4.78, 5) is 49.3. The van der Waals surface area contributed by atoms with Crippen molar-refractivity contribution in [2.45, 2.75) is 24.0 Å². The first kappa shape index (κ1) is 49.6. The van der Waals surface area contributed by atoms with Crippen LogP contribution in [0.1, 0.15) is 24.0 Å². The van der Waals surface area contributed by atoms with Crippen molar-refractivity contribution in [1.29, 1.82) is 0 Å². The van der Waals surface area contributed by atoms with E-state index >= 15 is 0 Å². The van der Waals surface area contributed by atoms with E-state index in [9.17, 15) is 42.3 Å². The van der Waals surface area contributed by atoms with Crippen LogP contribution < -0.4 is 62.9 Å². The van der Waals surface area contributed by atoms with Crippen molar-refractivity contribution in [3.05, 3.63) is 118 Å². The normalized spacial score (nSPS) is 17.4. The van der Waals surface area contributed by atoms with Crippen LogP contribution in [0.4, 0.5) is 22.5 Å². The van der Waals surface area contributed by atoms with E-state index in [1.54, 1.807) is 44.4 Å². The number of carbonyl (C=O) groups excluding carboxylic acids is 4. The molecule has 20 heteroatoms. The molecule has 4 amide bonds. The van der Waals surface area contributed by atoms with E-state index in [-0.39, 0.29) is 69.6 Å². The number of likely N-dealkylation sites (tertiary alicyclic amines) is 2. The number of hydrogen-bond acceptors (Lipinski definition) is 8. The second-order valence-electron chi connectivity index (χ2n) is 13.5. The summed E-state index contributed by atoms with van der Waals surface area (Å²) in [6.07, 6.45) is 0.647. The molecule has 0 saturated carbocycles. The molecule has 312 valence electrons. The molecule has 2 atom stereocenters. The summed E-state index contributed by atoms with van der Waals surface area (Å²) in [5.74, 6) is 10.3. The molecular weight excluding hydrogens is 946 g/mol. The molecule has 6 aromatic rings. The van der Waals surface area contributed by atoms with Crippen molar-refractivity contribution in [3.63, 3.8) is 0 Å². The fourth-order valence-corrected chi connectivity index (χ4v) is 6.82. The Labute approximate surface area is 410 Å². The molecule has 0 bridgehead atoms. The third-order valence-electron chi connectivity index (χ3n) is 9.24. The Balaban J connectivity index is 0.000000210. The fourth-order valence-electron chi connectivity index (χ4n) is 6.15. The number of halogens is 4. The Morgan fingerprint density at radius 1 is 0.758 bits per heavy atom. The Hall–Kier alpha value is -5.04. The van der Waals surface area contributed by atoms with Crippen molar-refractivity contribution in [1.82, 2.24) is 29.4 Å². The fraction of sp³-hybridized carbons (Fsp3) is 0.190. The zero-order valence-corrected chi connectivity index (χ0v) is 38.8. The minimum atomic E-state index is -3.67. The average Bonchev–Trinajstić information content (AvgIpc) is 3.96. The van der Waals surface area contributed by atoms with Gasteiger partial charge in [-0.3, -0.25) is 22.5 Å². The quantitative estimate of drug-likeness (QED) is 0.0821. The molecule has 4 heterocycles. The van der Waals surface area contributed by atoms with Gasteiger partial charge in [0.1, 0.15) is 9.39 Å². The molecule has 0 radical (unpaired) electrons. The third-order valence-corrected chi connectivity index (χ3v) is 10.0. The molecule has 2 aliphatic heterocycles. The van der Waals surface area contributed by atoms with Crippen LogP contribution in [-0.4, -0.2) is 109 Å². The zero-order valence-electron chi connectivity index (χ0n) is 33.5. The van der Waals surface area contributed by atoms with Gasteiger partial charge in [-0.1, -0.05) is 71.9 Å². The first-order valence-electron chi connectivity index (χ1n) is 18.2. The minimum Gasteiger partial charge on any atom is -0.369 e. The summed E-state index contributed by atoms with van der Waals surface area (Å²) < 4.78 is 32.2. The molecule has 62 heavy (non-hydrogen) atoms. The number of hydrogen-bond donors (Lipinski definition) is 4. The maximum absolute atomic E-state index is 12.1. The number of aliphatic hydroxyl groups is 2. The summed E-state index contributed by atoms with van der Waals surface area (Å²) in [6, 6.07) is 30.8. The Morgan fingerprint density at radius 3 is 1.74 bits per heavy atom. The van der Waals surface area contributed by atoms with Gasteiger partial charge in [-0.05, 0) is 46.9 Å². The van der Waals surface area contributed by atoms with Crippen molar-refractivity contribution in [3.8, 4) is 34.9 Å². The van der Waals surface area contributed by atoms with Gasteiger partial charge in [-0.25, -0.2) is 9.59 Å². The molecular formula is C42H36BF3IKN8O6. The number of aromatic nitrogens is 4. The monoisotopic (exact) mass is 982 g/mol. The number of nitrogens with zero attached hydrogens (tertiary/aromatic N) is 6. The van der Waals surface area contributed by atoms with Crippen LogP contribution in [0.2, 0.25) is 0 Å². The topological polar surface area (TPSA) is 203 Å². The van der Waals surface area contributed by atoms with Crippen molar-refractivity contribution in [2.75, 3.05) is 27.2 Å². The van der Waals surface area contributed by atoms with E-state index in [4.69, 9.17) is 11.5 Å². The number of fused-ring (bicyclic) bond motifs is 2. The molecule has 2 aliphatic rings. The third kappa shape index (κ3) is 12.1. The Morgan fingerprint density at radius 2 is 1.24 bits per heavy atom. The number of primary amides is 2. The van der Waals surface area contributed by atoms with Crippen LogP contribution in [0.15, 0.2) is 97.1 Å². The first-order valence-corrected chi connectivity index (χ1v) is 19.2. The van der Waals surface area contributed by atoms with Crippen molar-refractivity contribution >= 4 is 75.8 Å². The van der Waals surface area contributed by atoms with Crippen LogP contribution in [0.3, 0.4) is 0 Å².